The smallest absolute Gasteiger partial charge is 0.267 e. The van der Waals surface area contributed by atoms with E-state index in [1.54, 1.807) is 0 Å². The number of aliphatic hydroxyl groups excluding tert-OH is 1. The van der Waals surface area contributed by atoms with Gasteiger partial charge in [0.05, 0.1) is 25.0 Å². The van der Waals surface area contributed by atoms with Crippen LogP contribution in [0.25, 0.3) is 0 Å². The maximum atomic E-state index is 12.8. The predicted octanol–water partition coefficient (Wildman–Crippen LogP) is 1.02. The summed E-state index contributed by atoms with van der Waals surface area (Å²) in [5.41, 5.74) is 1.77. The molecule has 2 aromatic rings. The van der Waals surface area contributed by atoms with Crippen LogP contribution in [0.4, 0.5) is 5.69 Å². The lowest BCUT2D eigenvalue weighted by Crippen LogP contribution is -2.35. The van der Waals surface area contributed by atoms with Crippen LogP contribution in [0.15, 0.2) is 41.6 Å². The van der Waals surface area contributed by atoms with Gasteiger partial charge in [0.15, 0.2) is 0 Å². The van der Waals surface area contributed by atoms with Gasteiger partial charge in [0.2, 0.25) is 0 Å². The molecule has 2 heterocycles. The van der Waals surface area contributed by atoms with Crippen molar-refractivity contribution in [3.8, 4) is 0 Å². The molecule has 7 heteroatoms. The molecule has 0 spiro atoms. The summed E-state index contributed by atoms with van der Waals surface area (Å²) in [6, 6.07) is 7.43. The van der Waals surface area contributed by atoms with Gasteiger partial charge in [-0.2, -0.15) is 5.10 Å². The van der Waals surface area contributed by atoms with E-state index in [-0.39, 0.29) is 24.1 Å². The van der Waals surface area contributed by atoms with Crippen molar-refractivity contribution in [1.29, 1.82) is 0 Å². The van der Waals surface area contributed by atoms with E-state index in [1.807, 2.05) is 31.2 Å². The Morgan fingerprint density at radius 1 is 1.38 bits per heavy atom. The minimum Gasteiger partial charge on any atom is -0.394 e. The average Bonchev–Trinajstić information content (AvgIpc) is 3.02. The molecule has 112 valence electrons. The molecular weight excluding hydrogens is 290 g/mol. The molecule has 1 aromatic carbocycles. The monoisotopic (exact) mass is 307 g/mol. The first kappa shape index (κ1) is 14.1. The number of benzene rings is 1. The van der Waals surface area contributed by atoms with Crippen molar-refractivity contribution in [1.82, 2.24) is 9.78 Å². The lowest BCUT2D eigenvalue weighted by Gasteiger charge is -2.23. The van der Waals surface area contributed by atoms with E-state index in [0.29, 0.717) is 6.42 Å². The standard InChI is InChI=1S/C14H17N3O3S/c1-11-8-12-4-2-3-5-14(12)17(11)21(19,20)13-9-15-16(10-13)6-7-18/h2-5,9-11,18H,6-8H2,1H3. The Labute approximate surface area is 123 Å². The quantitative estimate of drug-likeness (QED) is 0.915. The third kappa shape index (κ3) is 2.32. The fourth-order valence-corrected chi connectivity index (χ4v) is 4.37. The summed E-state index contributed by atoms with van der Waals surface area (Å²) in [5.74, 6) is 0. The fourth-order valence-electron chi connectivity index (χ4n) is 2.72. The zero-order valence-corrected chi connectivity index (χ0v) is 12.5. The third-order valence-electron chi connectivity index (χ3n) is 3.64. The summed E-state index contributed by atoms with van der Waals surface area (Å²) in [6.45, 7) is 2.10. The molecular formula is C14H17N3O3S. The first-order chi connectivity index (χ1) is 10.0. The van der Waals surface area contributed by atoms with Gasteiger partial charge in [0, 0.05) is 12.2 Å². The van der Waals surface area contributed by atoms with Crippen LogP contribution in [0.5, 0.6) is 0 Å². The third-order valence-corrected chi connectivity index (χ3v) is 5.52. The van der Waals surface area contributed by atoms with E-state index < -0.39 is 10.0 Å². The molecule has 3 rings (SSSR count). The summed E-state index contributed by atoms with van der Waals surface area (Å²) in [6.07, 6.45) is 3.50. The first-order valence-electron chi connectivity index (χ1n) is 6.79. The zero-order valence-electron chi connectivity index (χ0n) is 11.7. The molecule has 0 fully saturated rings. The number of hydrogen-bond acceptors (Lipinski definition) is 4. The molecule has 1 N–H and O–H groups in total. The Balaban J connectivity index is 2.01. The van der Waals surface area contributed by atoms with Gasteiger partial charge in [0.1, 0.15) is 4.90 Å². The predicted molar refractivity (Wildman–Crippen MR) is 78.6 cm³/mol. The van der Waals surface area contributed by atoms with Crippen molar-refractivity contribution in [2.45, 2.75) is 30.8 Å². The highest BCUT2D eigenvalue weighted by atomic mass is 32.2. The van der Waals surface area contributed by atoms with Crippen LogP contribution < -0.4 is 4.31 Å². The number of rotatable bonds is 4. The van der Waals surface area contributed by atoms with Gasteiger partial charge in [-0.3, -0.25) is 8.99 Å². The molecule has 1 aliphatic heterocycles. The number of aliphatic hydroxyl groups is 1. The number of anilines is 1. The number of sulfonamides is 1. The van der Waals surface area contributed by atoms with Gasteiger partial charge >= 0.3 is 0 Å². The second-order valence-electron chi connectivity index (χ2n) is 5.15. The van der Waals surface area contributed by atoms with Crippen molar-refractivity contribution in [2.24, 2.45) is 0 Å². The normalized spacial score (nSPS) is 18.0. The molecule has 0 saturated heterocycles. The molecule has 21 heavy (non-hydrogen) atoms. The van der Waals surface area contributed by atoms with Crippen molar-refractivity contribution in [3.05, 3.63) is 42.2 Å². The number of hydrogen-bond donors (Lipinski definition) is 1. The molecule has 0 amide bonds. The highest BCUT2D eigenvalue weighted by Crippen LogP contribution is 2.36. The maximum absolute atomic E-state index is 12.8. The van der Waals surface area contributed by atoms with Crippen molar-refractivity contribution in [3.63, 3.8) is 0 Å². The highest BCUT2D eigenvalue weighted by Gasteiger charge is 2.36. The van der Waals surface area contributed by atoms with E-state index in [1.165, 1.54) is 21.4 Å². The van der Waals surface area contributed by atoms with Crippen LogP contribution in [0, 0.1) is 0 Å². The largest absolute Gasteiger partial charge is 0.394 e. The van der Waals surface area contributed by atoms with Gasteiger partial charge in [-0.05, 0) is 25.0 Å². The Bertz CT molecular complexity index is 754. The van der Waals surface area contributed by atoms with E-state index in [2.05, 4.69) is 5.10 Å². The topological polar surface area (TPSA) is 75.4 Å². The van der Waals surface area contributed by atoms with E-state index in [4.69, 9.17) is 5.11 Å². The molecule has 1 unspecified atom stereocenters. The van der Waals surface area contributed by atoms with Gasteiger partial charge in [0.25, 0.3) is 10.0 Å². The second-order valence-corrected chi connectivity index (χ2v) is 6.96. The minimum absolute atomic E-state index is 0.0792. The summed E-state index contributed by atoms with van der Waals surface area (Å²) < 4.78 is 28.6. The average molecular weight is 307 g/mol. The molecule has 0 radical (unpaired) electrons. The Kier molecular flexibility index (Phi) is 3.46. The van der Waals surface area contributed by atoms with Crippen LogP contribution in [0.3, 0.4) is 0 Å². The van der Waals surface area contributed by atoms with Crippen LogP contribution in [-0.2, 0) is 23.0 Å². The molecule has 0 saturated carbocycles. The Hall–Kier alpha value is -1.86. The number of para-hydroxylation sites is 1. The van der Waals surface area contributed by atoms with Crippen molar-refractivity contribution >= 4 is 15.7 Å². The highest BCUT2D eigenvalue weighted by molar-refractivity contribution is 7.92. The van der Waals surface area contributed by atoms with Crippen LogP contribution >= 0.6 is 0 Å². The van der Waals surface area contributed by atoms with Gasteiger partial charge < -0.3 is 5.11 Å². The van der Waals surface area contributed by atoms with Gasteiger partial charge in [-0.15, -0.1) is 0 Å². The molecule has 0 bridgehead atoms. The van der Waals surface area contributed by atoms with E-state index >= 15 is 0 Å². The van der Waals surface area contributed by atoms with Crippen LogP contribution in [-0.4, -0.2) is 36.0 Å². The summed E-state index contributed by atoms with van der Waals surface area (Å²) in [4.78, 5) is 0.152. The number of nitrogens with zero attached hydrogens (tertiary/aromatic N) is 3. The molecule has 0 aliphatic carbocycles. The molecule has 1 atom stereocenters. The van der Waals surface area contributed by atoms with Crippen molar-refractivity contribution in [2.75, 3.05) is 10.9 Å². The number of fused-ring (bicyclic) bond motifs is 1. The second kappa shape index (κ2) is 5.16. The zero-order chi connectivity index (χ0) is 15.0. The molecule has 1 aliphatic rings. The van der Waals surface area contributed by atoms with E-state index in [9.17, 15) is 8.42 Å². The van der Waals surface area contributed by atoms with Crippen LogP contribution in [0.1, 0.15) is 12.5 Å². The SMILES string of the molecule is CC1Cc2ccccc2N1S(=O)(=O)c1cnn(CCO)c1. The lowest BCUT2D eigenvalue weighted by molar-refractivity contribution is 0.269. The fraction of sp³-hybridized carbons (Fsp3) is 0.357. The van der Waals surface area contributed by atoms with Crippen molar-refractivity contribution < 1.29 is 13.5 Å². The lowest BCUT2D eigenvalue weighted by atomic mass is 10.1. The molecule has 1 aromatic heterocycles. The maximum Gasteiger partial charge on any atom is 0.267 e. The molecule has 6 nitrogen and oxygen atoms in total. The van der Waals surface area contributed by atoms with E-state index in [0.717, 1.165) is 11.3 Å². The van der Waals surface area contributed by atoms with Gasteiger partial charge in [-0.25, -0.2) is 8.42 Å². The van der Waals surface area contributed by atoms with Gasteiger partial charge in [-0.1, -0.05) is 18.2 Å². The first-order valence-corrected chi connectivity index (χ1v) is 8.23. The van der Waals surface area contributed by atoms with Crippen LogP contribution in [0.2, 0.25) is 0 Å². The minimum atomic E-state index is -3.63. The summed E-state index contributed by atoms with van der Waals surface area (Å²) >= 11 is 0. The number of aromatic nitrogens is 2. The summed E-state index contributed by atoms with van der Waals surface area (Å²) in [5, 5.41) is 12.9. The summed E-state index contributed by atoms with van der Waals surface area (Å²) in [7, 11) is -3.63. The Morgan fingerprint density at radius 2 is 2.14 bits per heavy atom. The Morgan fingerprint density at radius 3 is 2.90 bits per heavy atom.